The van der Waals surface area contributed by atoms with E-state index < -0.39 is 0 Å². The number of hydrogen-bond acceptors (Lipinski definition) is 4. The minimum atomic E-state index is 0.547. The number of hydrogen-bond donors (Lipinski definition) is 1. The molecule has 1 heterocycles. The van der Waals surface area contributed by atoms with Gasteiger partial charge < -0.3 is 10.1 Å². The number of benzene rings is 1. The molecule has 0 unspecified atom stereocenters. The van der Waals surface area contributed by atoms with Crippen LogP contribution in [0.3, 0.4) is 0 Å². The molecule has 0 amide bonds. The highest BCUT2D eigenvalue weighted by atomic mass is 35.5. The van der Waals surface area contributed by atoms with Gasteiger partial charge in [0.2, 0.25) is 0 Å². The predicted octanol–water partition coefficient (Wildman–Crippen LogP) is 3.16. The Labute approximate surface area is 111 Å². The summed E-state index contributed by atoms with van der Waals surface area (Å²) in [6, 6.07) is 7.38. The van der Waals surface area contributed by atoms with E-state index in [-0.39, 0.29) is 0 Å². The zero-order chi connectivity index (χ0) is 13.1. The molecule has 1 aromatic carbocycles. The highest BCUT2D eigenvalue weighted by Gasteiger charge is 2.07. The maximum atomic E-state index is 6.10. The van der Waals surface area contributed by atoms with Gasteiger partial charge in [-0.1, -0.05) is 11.6 Å². The van der Waals surface area contributed by atoms with Crippen molar-refractivity contribution >= 4 is 17.4 Å². The number of methoxy groups -OCH3 is 1. The first-order valence-electron chi connectivity index (χ1n) is 5.51. The number of rotatable bonds is 3. The highest BCUT2D eigenvalue weighted by molar-refractivity contribution is 6.32. The Hall–Kier alpha value is -1.81. The van der Waals surface area contributed by atoms with Crippen molar-refractivity contribution < 1.29 is 4.74 Å². The molecule has 0 aliphatic carbocycles. The molecule has 0 fully saturated rings. The Morgan fingerprint density at radius 3 is 2.61 bits per heavy atom. The fraction of sp³-hybridized carbons (Fsp3) is 0.231. The van der Waals surface area contributed by atoms with Crippen molar-refractivity contribution in [3.8, 4) is 17.1 Å². The zero-order valence-electron chi connectivity index (χ0n) is 10.5. The molecule has 2 aromatic rings. The standard InChI is InChI=1S/C13H14ClN3O/c1-8-6-12(15-2)17-13(16-8)9-4-5-11(18-3)10(14)7-9/h4-7H,1-3H3,(H,15,16,17). The van der Waals surface area contributed by atoms with Crippen LogP contribution in [0.1, 0.15) is 5.69 Å². The molecule has 0 aliphatic heterocycles. The molecule has 0 radical (unpaired) electrons. The third kappa shape index (κ3) is 2.54. The topological polar surface area (TPSA) is 47.0 Å². The van der Waals surface area contributed by atoms with E-state index in [1.807, 2.05) is 32.2 Å². The summed E-state index contributed by atoms with van der Waals surface area (Å²) in [5.41, 5.74) is 1.76. The quantitative estimate of drug-likeness (QED) is 0.924. The van der Waals surface area contributed by atoms with E-state index >= 15 is 0 Å². The number of nitrogens with zero attached hydrogens (tertiary/aromatic N) is 2. The molecule has 94 valence electrons. The van der Waals surface area contributed by atoms with Crippen LogP contribution in [0.2, 0.25) is 5.02 Å². The second-order valence-corrected chi connectivity index (χ2v) is 4.22. The van der Waals surface area contributed by atoms with Gasteiger partial charge in [-0.25, -0.2) is 9.97 Å². The molecule has 0 bridgehead atoms. The van der Waals surface area contributed by atoms with E-state index in [1.165, 1.54) is 0 Å². The summed E-state index contributed by atoms with van der Waals surface area (Å²) in [6.45, 7) is 1.93. The lowest BCUT2D eigenvalue weighted by molar-refractivity contribution is 0.415. The summed E-state index contributed by atoms with van der Waals surface area (Å²) in [5, 5.41) is 3.55. The van der Waals surface area contributed by atoms with Gasteiger partial charge >= 0.3 is 0 Å². The van der Waals surface area contributed by atoms with Crippen LogP contribution < -0.4 is 10.1 Å². The first-order chi connectivity index (χ1) is 8.63. The summed E-state index contributed by atoms with van der Waals surface area (Å²) in [7, 11) is 3.41. The largest absolute Gasteiger partial charge is 0.495 e. The molecule has 18 heavy (non-hydrogen) atoms. The van der Waals surface area contributed by atoms with Crippen molar-refractivity contribution in [2.45, 2.75) is 6.92 Å². The molecule has 0 aliphatic rings. The molecule has 5 heteroatoms. The summed E-state index contributed by atoms with van der Waals surface area (Å²) < 4.78 is 5.12. The fourth-order valence-corrected chi connectivity index (χ4v) is 1.89. The van der Waals surface area contributed by atoms with Crippen molar-refractivity contribution in [2.75, 3.05) is 19.5 Å². The van der Waals surface area contributed by atoms with Gasteiger partial charge in [-0.2, -0.15) is 0 Å². The SMILES string of the molecule is CNc1cc(C)nc(-c2ccc(OC)c(Cl)c2)n1. The van der Waals surface area contributed by atoms with Gasteiger partial charge in [0.05, 0.1) is 12.1 Å². The van der Waals surface area contributed by atoms with Crippen molar-refractivity contribution in [2.24, 2.45) is 0 Å². The van der Waals surface area contributed by atoms with Crippen LogP contribution in [-0.4, -0.2) is 24.1 Å². The fourth-order valence-electron chi connectivity index (χ4n) is 1.63. The van der Waals surface area contributed by atoms with E-state index in [0.29, 0.717) is 16.6 Å². The van der Waals surface area contributed by atoms with Gasteiger partial charge in [-0.3, -0.25) is 0 Å². The second kappa shape index (κ2) is 5.23. The van der Waals surface area contributed by atoms with Gasteiger partial charge in [-0.05, 0) is 25.1 Å². The number of nitrogens with one attached hydrogen (secondary N) is 1. The molecular weight excluding hydrogens is 250 g/mol. The number of ether oxygens (including phenoxy) is 1. The molecule has 2 rings (SSSR count). The summed E-state index contributed by atoms with van der Waals surface area (Å²) in [4.78, 5) is 8.80. The van der Waals surface area contributed by atoms with Gasteiger partial charge in [0.15, 0.2) is 5.82 Å². The van der Waals surface area contributed by atoms with Crippen LogP contribution in [0.4, 0.5) is 5.82 Å². The normalized spacial score (nSPS) is 10.2. The molecule has 4 nitrogen and oxygen atoms in total. The Morgan fingerprint density at radius 2 is 2.00 bits per heavy atom. The third-order valence-electron chi connectivity index (χ3n) is 2.52. The zero-order valence-corrected chi connectivity index (χ0v) is 11.2. The van der Waals surface area contributed by atoms with Crippen LogP contribution in [0.15, 0.2) is 24.3 Å². The summed E-state index contributed by atoms with van der Waals surface area (Å²) >= 11 is 6.10. The summed E-state index contributed by atoms with van der Waals surface area (Å²) in [5.74, 6) is 2.07. The van der Waals surface area contributed by atoms with E-state index in [1.54, 1.807) is 13.2 Å². The van der Waals surface area contributed by atoms with E-state index in [0.717, 1.165) is 17.1 Å². The van der Waals surface area contributed by atoms with Gasteiger partial charge in [0.25, 0.3) is 0 Å². The van der Waals surface area contributed by atoms with Crippen LogP contribution in [-0.2, 0) is 0 Å². The van der Waals surface area contributed by atoms with Crippen molar-refractivity contribution in [3.63, 3.8) is 0 Å². The highest BCUT2D eigenvalue weighted by Crippen LogP contribution is 2.29. The van der Waals surface area contributed by atoms with Crippen molar-refractivity contribution in [1.82, 2.24) is 9.97 Å². The van der Waals surface area contributed by atoms with E-state index in [9.17, 15) is 0 Å². The lowest BCUT2D eigenvalue weighted by Crippen LogP contribution is -1.98. The maximum Gasteiger partial charge on any atom is 0.161 e. The lowest BCUT2D eigenvalue weighted by Gasteiger charge is -2.07. The minimum absolute atomic E-state index is 0.547. The number of aromatic nitrogens is 2. The Balaban J connectivity index is 2.48. The van der Waals surface area contributed by atoms with Crippen LogP contribution in [0.5, 0.6) is 5.75 Å². The van der Waals surface area contributed by atoms with Crippen LogP contribution >= 0.6 is 11.6 Å². The van der Waals surface area contributed by atoms with Gasteiger partial charge in [0.1, 0.15) is 11.6 Å². The molecule has 1 N–H and O–H groups in total. The summed E-state index contributed by atoms with van der Waals surface area (Å²) in [6.07, 6.45) is 0. The van der Waals surface area contributed by atoms with Gasteiger partial charge in [0, 0.05) is 24.4 Å². The molecule has 0 saturated heterocycles. The van der Waals surface area contributed by atoms with Crippen LogP contribution in [0, 0.1) is 6.92 Å². The maximum absolute atomic E-state index is 6.10. The predicted molar refractivity (Wildman–Crippen MR) is 73.3 cm³/mol. The number of aryl methyl sites for hydroxylation is 1. The molecular formula is C13H14ClN3O. The lowest BCUT2D eigenvalue weighted by atomic mass is 10.2. The van der Waals surface area contributed by atoms with E-state index in [4.69, 9.17) is 16.3 Å². The molecule has 0 spiro atoms. The monoisotopic (exact) mass is 263 g/mol. The second-order valence-electron chi connectivity index (χ2n) is 3.82. The van der Waals surface area contributed by atoms with E-state index in [2.05, 4.69) is 15.3 Å². The minimum Gasteiger partial charge on any atom is -0.495 e. The first kappa shape index (κ1) is 12.6. The van der Waals surface area contributed by atoms with Crippen molar-refractivity contribution in [3.05, 3.63) is 35.0 Å². The van der Waals surface area contributed by atoms with Gasteiger partial charge in [-0.15, -0.1) is 0 Å². The van der Waals surface area contributed by atoms with Crippen molar-refractivity contribution in [1.29, 1.82) is 0 Å². The first-order valence-corrected chi connectivity index (χ1v) is 5.89. The average molecular weight is 264 g/mol. The smallest absolute Gasteiger partial charge is 0.161 e. The molecule has 0 atom stereocenters. The molecule has 1 aromatic heterocycles. The number of anilines is 1. The Morgan fingerprint density at radius 1 is 1.22 bits per heavy atom. The molecule has 0 saturated carbocycles. The third-order valence-corrected chi connectivity index (χ3v) is 2.82. The Bertz CT molecular complexity index is 572. The average Bonchev–Trinajstić information content (AvgIpc) is 2.37. The van der Waals surface area contributed by atoms with Crippen LogP contribution in [0.25, 0.3) is 11.4 Å². The number of halogens is 1. The Kier molecular flexibility index (Phi) is 3.67.